The lowest BCUT2D eigenvalue weighted by Crippen LogP contribution is -2.43. The number of thioether (sulfide) groups is 1. The number of rotatable bonds is 5. The second kappa shape index (κ2) is 7.11. The third-order valence-electron chi connectivity index (χ3n) is 4.63. The van der Waals surface area contributed by atoms with Crippen LogP contribution in [0.3, 0.4) is 0 Å². The lowest BCUT2D eigenvalue weighted by Gasteiger charge is -2.30. The molecule has 1 aliphatic rings. The van der Waals surface area contributed by atoms with Crippen LogP contribution in [-0.4, -0.2) is 38.2 Å². The van der Waals surface area contributed by atoms with Gasteiger partial charge in [-0.1, -0.05) is 11.8 Å². The Labute approximate surface area is 156 Å². The van der Waals surface area contributed by atoms with Crippen LogP contribution in [0.1, 0.15) is 44.6 Å². The number of fused-ring (bicyclic) bond motifs is 3. The molecule has 136 valence electrons. The van der Waals surface area contributed by atoms with Gasteiger partial charge in [0, 0.05) is 24.0 Å². The molecular weight excluding hydrogens is 354 g/mol. The van der Waals surface area contributed by atoms with Crippen molar-refractivity contribution in [2.45, 2.75) is 64.2 Å². The third kappa shape index (κ3) is 3.36. The van der Waals surface area contributed by atoms with E-state index in [-0.39, 0.29) is 23.6 Å². The lowest BCUT2D eigenvalue weighted by atomic mass is 10.2. The van der Waals surface area contributed by atoms with E-state index in [1.165, 1.54) is 22.2 Å². The molecule has 0 bridgehead atoms. The molecule has 0 aliphatic heterocycles. The molecule has 0 N–H and O–H groups in total. The molecule has 0 saturated carbocycles. The van der Waals surface area contributed by atoms with Crippen LogP contribution in [0.4, 0.5) is 0 Å². The van der Waals surface area contributed by atoms with Gasteiger partial charge in [-0.3, -0.25) is 14.2 Å². The number of thiophene rings is 1. The minimum atomic E-state index is 0.0175. The van der Waals surface area contributed by atoms with Crippen molar-refractivity contribution < 1.29 is 4.79 Å². The molecule has 3 rings (SSSR count). The van der Waals surface area contributed by atoms with Crippen LogP contribution >= 0.6 is 23.1 Å². The highest BCUT2D eigenvalue weighted by Crippen LogP contribution is 2.35. The molecule has 0 unspecified atom stereocenters. The first-order valence-electron chi connectivity index (χ1n) is 8.76. The van der Waals surface area contributed by atoms with E-state index >= 15 is 0 Å². The number of carbonyl (C=O) groups is 1. The molecule has 2 heterocycles. The number of aromatic nitrogens is 2. The summed E-state index contributed by atoms with van der Waals surface area (Å²) >= 11 is 3.00. The van der Waals surface area contributed by atoms with E-state index < -0.39 is 0 Å². The molecular formula is C18H25N3O2S2. The minimum absolute atomic E-state index is 0.0175. The van der Waals surface area contributed by atoms with E-state index in [0.717, 1.165) is 29.5 Å². The number of hydrogen-bond donors (Lipinski definition) is 0. The van der Waals surface area contributed by atoms with Crippen molar-refractivity contribution in [2.24, 2.45) is 7.05 Å². The topological polar surface area (TPSA) is 55.2 Å². The first-order chi connectivity index (χ1) is 11.8. The van der Waals surface area contributed by atoms with Crippen molar-refractivity contribution in [3.63, 3.8) is 0 Å². The molecule has 0 atom stereocenters. The number of nitrogens with zero attached hydrogens (tertiary/aromatic N) is 3. The highest BCUT2D eigenvalue weighted by Gasteiger charge is 2.24. The molecule has 0 fully saturated rings. The first kappa shape index (κ1) is 18.5. The standard InChI is InChI=1S/C18H25N3O2S2/c1-10(2)21(11(3)4)14(22)9-24-18-19-16-15(17(23)20(18)5)12-7-6-8-13(12)25-16/h10-11H,6-9H2,1-5H3. The maximum atomic E-state index is 12.8. The zero-order valence-electron chi connectivity index (χ0n) is 15.5. The first-order valence-corrected chi connectivity index (χ1v) is 10.6. The summed E-state index contributed by atoms with van der Waals surface area (Å²) in [5.41, 5.74) is 1.22. The van der Waals surface area contributed by atoms with E-state index in [2.05, 4.69) is 0 Å². The second-order valence-corrected chi connectivity index (χ2v) is 9.10. The Bertz CT molecular complexity index is 859. The third-order valence-corrected chi connectivity index (χ3v) is 6.83. The minimum Gasteiger partial charge on any atom is -0.337 e. The normalized spacial score (nSPS) is 13.9. The van der Waals surface area contributed by atoms with Gasteiger partial charge >= 0.3 is 0 Å². The monoisotopic (exact) mass is 379 g/mol. The Kier molecular flexibility index (Phi) is 5.25. The van der Waals surface area contributed by atoms with Crippen LogP contribution in [0, 0.1) is 0 Å². The SMILES string of the molecule is CC(C)N(C(=O)CSc1nc2sc3c(c2c(=O)n1C)CCC3)C(C)C. The van der Waals surface area contributed by atoms with E-state index in [1.807, 2.05) is 32.6 Å². The summed E-state index contributed by atoms with van der Waals surface area (Å²) in [5, 5.41) is 1.42. The summed E-state index contributed by atoms with van der Waals surface area (Å²) in [5.74, 6) is 0.380. The predicted molar refractivity (Wildman–Crippen MR) is 105 cm³/mol. The highest BCUT2D eigenvalue weighted by atomic mass is 32.2. The molecule has 1 aliphatic carbocycles. The number of hydrogen-bond acceptors (Lipinski definition) is 5. The van der Waals surface area contributed by atoms with Crippen molar-refractivity contribution in [3.8, 4) is 0 Å². The molecule has 1 amide bonds. The Morgan fingerprint density at radius 3 is 2.60 bits per heavy atom. The molecule has 25 heavy (non-hydrogen) atoms. The number of aryl methyl sites for hydroxylation is 2. The summed E-state index contributed by atoms with van der Waals surface area (Å²) in [6, 6.07) is 0.320. The molecule has 0 radical (unpaired) electrons. The van der Waals surface area contributed by atoms with E-state index in [0.29, 0.717) is 10.9 Å². The van der Waals surface area contributed by atoms with Crippen molar-refractivity contribution in [3.05, 3.63) is 20.8 Å². The van der Waals surface area contributed by atoms with Gasteiger partial charge in [-0.05, 0) is 52.5 Å². The fourth-order valence-corrected chi connectivity index (χ4v) is 5.75. The van der Waals surface area contributed by atoms with Gasteiger partial charge in [0.2, 0.25) is 5.91 Å². The smallest absolute Gasteiger partial charge is 0.262 e. The van der Waals surface area contributed by atoms with Gasteiger partial charge in [0.25, 0.3) is 5.56 Å². The summed E-state index contributed by atoms with van der Waals surface area (Å²) in [4.78, 5) is 34.1. The second-order valence-electron chi connectivity index (χ2n) is 7.07. The Hall–Kier alpha value is -1.34. The van der Waals surface area contributed by atoms with Gasteiger partial charge in [0.15, 0.2) is 5.16 Å². The van der Waals surface area contributed by atoms with Gasteiger partial charge in [-0.2, -0.15) is 0 Å². The molecule has 7 heteroatoms. The Morgan fingerprint density at radius 2 is 1.96 bits per heavy atom. The maximum Gasteiger partial charge on any atom is 0.262 e. The molecule has 0 saturated heterocycles. The van der Waals surface area contributed by atoms with E-state index in [4.69, 9.17) is 4.98 Å². The lowest BCUT2D eigenvalue weighted by molar-refractivity contribution is -0.131. The summed E-state index contributed by atoms with van der Waals surface area (Å²) in [7, 11) is 1.75. The van der Waals surface area contributed by atoms with Crippen molar-refractivity contribution in [2.75, 3.05) is 5.75 Å². The largest absolute Gasteiger partial charge is 0.337 e. The van der Waals surface area contributed by atoms with Crippen LogP contribution < -0.4 is 5.56 Å². The van der Waals surface area contributed by atoms with Gasteiger partial charge in [0.05, 0.1) is 11.1 Å². The summed E-state index contributed by atoms with van der Waals surface area (Å²) < 4.78 is 1.60. The maximum absolute atomic E-state index is 12.8. The van der Waals surface area contributed by atoms with Gasteiger partial charge in [-0.15, -0.1) is 11.3 Å². The Morgan fingerprint density at radius 1 is 1.28 bits per heavy atom. The van der Waals surface area contributed by atoms with Gasteiger partial charge in [0.1, 0.15) is 4.83 Å². The number of carbonyl (C=O) groups excluding carboxylic acids is 1. The molecule has 2 aromatic rings. The van der Waals surface area contributed by atoms with Crippen LogP contribution in [-0.2, 0) is 24.7 Å². The van der Waals surface area contributed by atoms with Crippen LogP contribution in [0.15, 0.2) is 9.95 Å². The van der Waals surface area contributed by atoms with Crippen LogP contribution in [0.25, 0.3) is 10.2 Å². The molecule has 5 nitrogen and oxygen atoms in total. The zero-order valence-corrected chi connectivity index (χ0v) is 17.1. The van der Waals surface area contributed by atoms with Gasteiger partial charge < -0.3 is 4.90 Å². The quantitative estimate of drug-likeness (QED) is 0.591. The average molecular weight is 380 g/mol. The Balaban J connectivity index is 1.86. The summed E-state index contributed by atoms with van der Waals surface area (Å²) in [6.07, 6.45) is 3.17. The molecule has 0 aromatic carbocycles. The van der Waals surface area contributed by atoms with E-state index in [9.17, 15) is 9.59 Å². The average Bonchev–Trinajstić information content (AvgIpc) is 3.08. The van der Waals surface area contributed by atoms with Gasteiger partial charge in [-0.25, -0.2) is 4.98 Å². The van der Waals surface area contributed by atoms with Crippen LogP contribution in [0.5, 0.6) is 0 Å². The molecule has 2 aromatic heterocycles. The highest BCUT2D eigenvalue weighted by molar-refractivity contribution is 7.99. The summed E-state index contributed by atoms with van der Waals surface area (Å²) in [6.45, 7) is 8.09. The zero-order chi connectivity index (χ0) is 18.3. The van der Waals surface area contributed by atoms with Crippen molar-refractivity contribution in [1.29, 1.82) is 0 Å². The predicted octanol–water partition coefficient (Wildman–Crippen LogP) is 3.22. The number of amides is 1. The van der Waals surface area contributed by atoms with E-state index in [1.54, 1.807) is 23.0 Å². The molecule has 0 spiro atoms. The fourth-order valence-electron chi connectivity index (χ4n) is 3.61. The fraction of sp³-hybridized carbons (Fsp3) is 0.611. The van der Waals surface area contributed by atoms with Crippen LogP contribution in [0.2, 0.25) is 0 Å². The van der Waals surface area contributed by atoms with Crippen molar-refractivity contribution in [1.82, 2.24) is 14.5 Å². The van der Waals surface area contributed by atoms with Crippen molar-refractivity contribution >= 4 is 39.2 Å².